The van der Waals surface area contributed by atoms with E-state index >= 15 is 0 Å². The Balaban J connectivity index is 1.66. The fourth-order valence-electron chi connectivity index (χ4n) is 3.39. The Labute approximate surface area is 158 Å². The van der Waals surface area contributed by atoms with Crippen molar-refractivity contribution in [2.24, 2.45) is 0 Å². The molecule has 0 bridgehead atoms. The molecule has 1 atom stereocenters. The maximum absolute atomic E-state index is 9.79. The number of para-hydroxylation sites is 2. The van der Waals surface area contributed by atoms with E-state index in [0.717, 1.165) is 43.9 Å². The molecule has 0 radical (unpaired) electrons. The van der Waals surface area contributed by atoms with Crippen molar-refractivity contribution in [2.75, 3.05) is 37.6 Å². The molecule has 7 nitrogen and oxygen atoms in total. The van der Waals surface area contributed by atoms with Gasteiger partial charge in [-0.3, -0.25) is 0 Å². The summed E-state index contributed by atoms with van der Waals surface area (Å²) in [5.41, 5.74) is 2.89. The van der Waals surface area contributed by atoms with Gasteiger partial charge in [0.1, 0.15) is 5.52 Å². The zero-order valence-electron chi connectivity index (χ0n) is 15.6. The lowest BCUT2D eigenvalue weighted by Gasteiger charge is -2.34. The molecule has 0 saturated carbocycles. The quantitative estimate of drug-likeness (QED) is 0.706. The van der Waals surface area contributed by atoms with Crippen molar-refractivity contribution in [1.29, 1.82) is 5.26 Å². The second-order valence-electron chi connectivity index (χ2n) is 6.74. The van der Waals surface area contributed by atoms with Crippen LogP contribution in [0.3, 0.4) is 0 Å². The van der Waals surface area contributed by atoms with Crippen LogP contribution in [0.1, 0.15) is 30.1 Å². The molecule has 1 fully saturated rings. The number of nitriles is 1. The average molecular weight is 362 g/mol. The van der Waals surface area contributed by atoms with E-state index in [4.69, 9.17) is 9.40 Å². The van der Waals surface area contributed by atoms with E-state index < -0.39 is 5.92 Å². The highest BCUT2D eigenvalue weighted by Gasteiger charge is 2.25. The van der Waals surface area contributed by atoms with Crippen LogP contribution >= 0.6 is 0 Å². The van der Waals surface area contributed by atoms with Crippen LogP contribution in [-0.2, 0) is 0 Å². The van der Waals surface area contributed by atoms with E-state index in [1.807, 2.05) is 37.3 Å². The summed E-state index contributed by atoms with van der Waals surface area (Å²) in [5, 5.41) is 9.79. The zero-order chi connectivity index (χ0) is 18.8. The van der Waals surface area contributed by atoms with Crippen molar-refractivity contribution in [3.63, 3.8) is 0 Å². The molecule has 1 unspecified atom stereocenters. The van der Waals surface area contributed by atoms with Crippen LogP contribution in [0.5, 0.6) is 0 Å². The van der Waals surface area contributed by atoms with E-state index in [9.17, 15) is 5.26 Å². The molecular weight excluding hydrogens is 340 g/mol. The van der Waals surface area contributed by atoms with E-state index in [1.165, 1.54) is 0 Å². The average Bonchev–Trinajstić information content (AvgIpc) is 3.12. The third-order valence-corrected chi connectivity index (χ3v) is 4.95. The van der Waals surface area contributed by atoms with Crippen molar-refractivity contribution in [3.8, 4) is 6.07 Å². The van der Waals surface area contributed by atoms with Gasteiger partial charge in [-0.1, -0.05) is 19.1 Å². The minimum atomic E-state index is -0.658. The SMILES string of the molecule is CCN1CCN(c2nc(C)cc(C(C#N)c3nc4ccccc4o3)n2)CC1. The Morgan fingerprint density at radius 3 is 2.63 bits per heavy atom. The van der Waals surface area contributed by atoms with Gasteiger partial charge in [-0.2, -0.15) is 5.26 Å². The number of rotatable bonds is 4. The molecule has 3 aromatic rings. The first-order valence-electron chi connectivity index (χ1n) is 9.26. The van der Waals surface area contributed by atoms with Crippen molar-refractivity contribution in [1.82, 2.24) is 19.9 Å². The van der Waals surface area contributed by atoms with Crippen molar-refractivity contribution >= 4 is 17.0 Å². The lowest BCUT2D eigenvalue weighted by molar-refractivity contribution is 0.269. The summed E-state index contributed by atoms with van der Waals surface area (Å²) in [6.45, 7) is 8.92. The molecule has 0 amide bonds. The summed E-state index contributed by atoms with van der Waals surface area (Å²) in [5.74, 6) is 0.394. The van der Waals surface area contributed by atoms with Crippen molar-refractivity contribution < 1.29 is 4.42 Å². The Morgan fingerprint density at radius 2 is 1.93 bits per heavy atom. The highest BCUT2D eigenvalue weighted by Crippen LogP contribution is 2.27. The standard InChI is InChI=1S/C20H22N6O/c1-3-25-8-10-26(11-9-25)20-22-14(2)12-17(24-20)15(13-21)19-23-16-6-4-5-7-18(16)27-19/h4-7,12,15H,3,8-11H2,1-2H3. The molecule has 0 aliphatic carbocycles. The number of fused-ring (bicyclic) bond motifs is 1. The van der Waals surface area contributed by atoms with E-state index in [0.29, 0.717) is 23.1 Å². The number of nitrogens with zero attached hydrogens (tertiary/aromatic N) is 6. The minimum Gasteiger partial charge on any atom is -0.439 e. The number of hydrogen-bond donors (Lipinski definition) is 0. The molecule has 1 aromatic carbocycles. The molecule has 0 spiro atoms. The fourth-order valence-corrected chi connectivity index (χ4v) is 3.39. The summed E-state index contributed by atoms with van der Waals surface area (Å²) in [6, 6.07) is 11.7. The Morgan fingerprint density at radius 1 is 1.15 bits per heavy atom. The van der Waals surface area contributed by atoms with Gasteiger partial charge >= 0.3 is 0 Å². The van der Waals surface area contributed by atoms with Gasteiger partial charge in [0.15, 0.2) is 11.5 Å². The van der Waals surface area contributed by atoms with Gasteiger partial charge < -0.3 is 14.2 Å². The molecule has 0 N–H and O–H groups in total. The molecule has 27 heavy (non-hydrogen) atoms. The third kappa shape index (κ3) is 3.49. The molecular formula is C20H22N6O. The largest absolute Gasteiger partial charge is 0.439 e. The number of aryl methyl sites for hydroxylation is 1. The number of benzene rings is 1. The lowest BCUT2D eigenvalue weighted by atomic mass is 10.1. The summed E-state index contributed by atoms with van der Waals surface area (Å²) < 4.78 is 5.82. The van der Waals surface area contributed by atoms with E-state index in [1.54, 1.807) is 0 Å². The predicted molar refractivity (Wildman–Crippen MR) is 103 cm³/mol. The minimum absolute atomic E-state index is 0.374. The van der Waals surface area contributed by atoms with Crippen molar-refractivity contribution in [3.05, 3.63) is 47.6 Å². The van der Waals surface area contributed by atoms with Crippen LogP contribution < -0.4 is 4.90 Å². The second-order valence-corrected chi connectivity index (χ2v) is 6.74. The molecule has 4 rings (SSSR count). The molecule has 1 aliphatic heterocycles. The molecule has 1 saturated heterocycles. The first-order valence-corrected chi connectivity index (χ1v) is 9.26. The molecule has 7 heteroatoms. The van der Waals surface area contributed by atoms with E-state index in [2.05, 4.69) is 32.8 Å². The zero-order valence-corrected chi connectivity index (χ0v) is 15.6. The number of aromatic nitrogens is 3. The second kappa shape index (κ2) is 7.33. The van der Waals surface area contributed by atoms with Gasteiger partial charge in [-0.05, 0) is 31.7 Å². The van der Waals surface area contributed by atoms with Crippen LogP contribution in [0.25, 0.3) is 11.1 Å². The Hall–Kier alpha value is -2.98. The summed E-state index contributed by atoms with van der Waals surface area (Å²) in [6.07, 6.45) is 0. The Kier molecular flexibility index (Phi) is 4.73. The number of likely N-dealkylation sites (N-methyl/N-ethyl adjacent to an activating group) is 1. The van der Waals surface area contributed by atoms with Crippen LogP contribution in [0.4, 0.5) is 5.95 Å². The topological polar surface area (TPSA) is 82.1 Å². The molecule has 1 aliphatic rings. The summed E-state index contributed by atoms with van der Waals surface area (Å²) in [4.78, 5) is 18.4. The summed E-state index contributed by atoms with van der Waals surface area (Å²) >= 11 is 0. The maximum Gasteiger partial charge on any atom is 0.225 e. The number of piperazine rings is 1. The van der Waals surface area contributed by atoms with Crippen LogP contribution in [0, 0.1) is 18.3 Å². The molecule has 138 valence electrons. The molecule has 2 aromatic heterocycles. The smallest absolute Gasteiger partial charge is 0.225 e. The highest BCUT2D eigenvalue weighted by molar-refractivity contribution is 5.72. The van der Waals surface area contributed by atoms with Crippen LogP contribution in [-0.4, -0.2) is 52.6 Å². The monoisotopic (exact) mass is 362 g/mol. The van der Waals surface area contributed by atoms with Gasteiger partial charge in [-0.25, -0.2) is 15.0 Å². The van der Waals surface area contributed by atoms with Gasteiger partial charge in [0.05, 0.1) is 11.8 Å². The van der Waals surface area contributed by atoms with Crippen LogP contribution in [0.15, 0.2) is 34.7 Å². The van der Waals surface area contributed by atoms with E-state index in [-0.39, 0.29) is 0 Å². The van der Waals surface area contributed by atoms with Gasteiger partial charge in [0.2, 0.25) is 11.8 Å². The number of oxazole rings is 1. The first-order chi connectivity index (χ1) is 13.2. The highest BCUT2D eigenvalue weighted by atomic mass is 16.3. The van der Waals surface area contributed by atoms with Gasteiger partial charge in [0, 0.05) is 31.9 Å². The maximum atomic E-state index is 9.79. The number of anilines is 1. The third-order valence-electron chi connectivity index (χ3n) is 4.95. The summed E-state index contributed by atoms with van der Waals surface area (Å²) in [7, 11) is 0. The Bertz CT molecular complexity index is 951. The first kappa shape index (κ1) is 17.4. The fraction of sp³-hybridized carbons (Fsp3) is 0.400. The van der Waals surface area contributed by atoms with Gasteiger partial charge in [-0.15, -0.1) is 0 Å². The lowest BCUT2D eigenvalue weighted by Crippen LogP contribution is -2.46. The molecule has 3 heterocycles. The normalized spacial score (nSPS) is 16.4. The van der Waals surface area contributed by atoms with Crippen molar-refractivity contribution in [2.45, 2.75) is 19.8 Å². The predicted octanol–water partition coefficient (Wildman–Crippen LogP) is 2.72. The van der Waals surface area contributed by atoms with Crippen LogP contribution in [0.2, 0.25) is 0 Å². The van der Waals surface area contributed by atoms with Gasteiger partial charge in [0.25, 0.3) is 0 Å². The number of hydrogen-bond acceptors (Lipinski definition) is 7.